The first-order valence-electron chi connectivity index (χ1n) is 7.11. The SMILES string of the molecule is Cc1ccc(NC(=O)C2CSc3nccc(=O)n3C2)c(C)c1. The molecule has 6 heteroatoms. The van der Waals surface area contributed by atoms with E-state index in [1.807, 2.05) is 32.0 Å². The fourth-order valence-corrected chi connectivity index (χ4v) is 3.56. The Morgan fingerprint density at radius 3 is 2.95 bits per heavy atom. The number of aryl methyl sites for hydroxylation is 2. The lowest BCUT2D eigenvalue weighted by Gasteiger charge is -2.24. The minimum Gasteiger partial charge on any atom is -0.326 e. The molecule has 0 spiro atoms. The molecular formula is C16H17N3O2S. The van der Waals surface area contributed by atoms with Crippen LogP contribution in [0.4, 0.5) is 5.69 Å². The van der Waals surface area contributed by atoms with E-state index in [0.717, 1.165) is 16.8 Å². The Kier molecular flexibility index (Phi) is 4.02. The minimum atomic E-state index is -0.236. The Morgan fingerprint density at radius 2 is 2.18 bits per heavy atom. The molecule has 1 aliphatic rings. The smallest absolute Gasteiger partial charge is 0.254 e. The lowest BCUT2D eigenvalue weighted by atomic mass is 10.1. The van der Waals surface area contributed by atoms with Gasteiger partial charge in [0.15, 0.2) is 5.16 Å². The van der Waals surface area contributed by atoms with Gasteiger partial charge in [-0.25, -0.2) is 4.98 Å². The summed E-state index contributed by atoms with van der Waals surface area (Å²) in [6, 6.07) is 7.35. The van der Waals surface area contributed by atoms with E-state index in [1.165, 1.54) is 24.0 Å². The van der Waals surface area contributed by atoms with E-state index in [0.29, 0.717) is 17.5 Å². The molecule has 2 aromatic rings. The van der Waals surface area contributed by atoms with Crippen molar-refractivity contribution in [1.82, 2.24) is 9.55 Å². The number of nitrogens with zero attached hydrogens (tertiary/aromatic N) is 2. The first-order chi connectivity index (χ1) is 10.5. The van der Waals surface area contributed by atoms with E-state index in [-0.39, 0.29) is 17.4 Å². The van der Waals surface area contributed by atoms with Crippen LogP contribution in [0.25, 0.3) is 0 Å². The van der Waals surface area contributed by atoms with E-state index >= 15 is 0 Å². The number of carbonyl (C=O) groups excluding carboxylic acids is 1. The van der Waals surface area contributed by atoms with Gasteiger partial charge in [-0.1, -0.05) is 29.5 Å². The highest BCUT2D eigenvalue weighted by atomic mass is 32.2. The molecule has 1 N–H and O–H groups in total. The van der Waals surface area contributed by atoms with Crippen LogP contribution in [0.15, 0.2) is 40.4 Å². The van der Waals surface area contributed by atoms with Crippen LogP contribution in [0.5, 0.6) is 0 Å². The molecule has 0 saturated heterocycles. The zero-order valence-electron chi connectivity index (χ0n) is 12.5. The number of hydrogen-bond donors (Lipinski definition) is 1. The minimum absolute atomic E-state index is 0.0548. The van der Waals surface area contributed by atoms with Crippen LogP contribution in [-0.2, 0) is 11.3 Å². The van der Waals surface area contributed by atoms with Crippen molar-refractivity contribution in [3.8, 4) is 0 Å². The molecule has 1 unspecified atom stereocenters. The zero-order valence-corrected chi connectivity index (χ0v) is 13.3. The highest BCUT2D eigenvalue weighted by Gasteiger charge is 2.26. The van der Waals surface area contributed by atoms with E-state index < -0.39 is 0 Å². The van der Waals surface area contributed by atoms with Crippen molar-refractivity contribution in [2.45, 2.75) is 25.5 Å². The summed E-state index contributed by atoms with van der Waals surface area (Å²) in [6.45, 7) is 4.38. The predicted octanol–water partition coefficient (Wildman–Crippen LogP) is 2.22. The second-order valence-electron chi connectivity index (χ2n) is 5.49. The van der Waals surface area contributed by atoms with Gasteiger partial charge >= 0.3 is 0 Å². The second kappa shape index (κ2) is 5.96. The van der Waals surface area contributed by atoms with Crippen LogP contribution < -0.4 is 10.9 Å². The van der Waals surface area contributed by atoms with Gasteiger partial charge in [-0.05, 0) is 25.5 Å². The van der Waals surface area contributed by atoms with Gasteiger partial charge in [-0.3, -0.25) is 14.2 Å². The molecule has 22 heavy (non-hydrogen) atoms. The largest absolute Gasteiger partial charge is 0.326 e. The number of carbonyl (C=O) groups is 1. The van der Waals surface area contributed by atoms with Crippen molar-refractivity contribution in [1.29, 1.82) is 0 Å². The van der Waals surface area contributed by atoms with Gasteiger partial charge in [-0.15, -0.1) is 0 Å². The molecule has 3 rings (SSSR count). The van der Waals surface area contributed by atoms with Crippen LogP contribution in [-0.4, -0.2) is 21.2 Å². The normalized spacial score (nSPS) is 16.9. The Hall–Kier alpha value is -2.08. The molecule has 0 radical (unpaired) electrons. The standard InChI is InChI=1S/C16H17N3O2S/c1-10-3-4-13(11(2)7-10)18-15(21)12-8-19-14(20)5-6-17-16(19)22-9-12/h3-7,12H,8-9H2,1-2H3,(H,18,21). The van der Waals surface area contributed by atoms with Gasteiger partial charge in [-0.2, -0.15) is 0 Å². The Balaban J connectivity index is 1.77. The van der Waals surface area contributed by atoms with Crippen molar-refractivity contribution < 1.29 is 4.79 Å². The Morgan fingerprint density at radius 1 is 1.36 bits per heavy atom. The molecule has 1 aromatic carbocycles. The van der Waals surface area contributed by atoms with Crippen LogP contribution in [0.3, 0.4) is 0 Å². The summed E-state index contributed by atoms with van der Waals surface area (Å²) in [5.74, 6) is 0.341. The highest BCUT2D eigenvalue weighted by molar-refractivity contribution is 7.99. The van der Waals surface area contributed by atoms with Crippen LogP contribution in [0.1, 0.15) is 11.1 Å². The van der Waals surface area contributed by atoms with Crippen molar-refractivity contribution >= 4 is 23.4 Å². The molecule has 5 nitrogen and oxygen atoms in total. The molecule has 0 aliphatic carbocycles. The topological polar surface area (TPSA) is 64.0 Å². The number of nitrogens with one attached hydrogen (secondary N) is 1. The van der Waals surface area contributed by atoms with Gasteiger partial charge in [0.2, 0.25) is 5.91 Å². The highest BCUT2D eigenvalue weighted by Crippen LogP contribution is 2.26. The van der Waals surface area contributed by atoms with E-state index in [2.05, 4.69) is 10.3 Å². The van der Waals surface area contributed by atoms with Gasteiger partial charge in [0.1, 0.15) is 0 Å². The first-order valence-corrected chi connectivity index (χ1v) is 8.10. The van der Waals surface area contributed by atoms with Crippen LogP contribution in [0, 0.1) is 19.8 Å². The Labute approximate surface area is 132 Å². The van der Waals surface area contributed by atoms with E-state index in [9.17, 15) is 9.59 Å². The van der Waals surface area contributed by atoms with Crippen LogP contribution in [0.2, 0.25) is 0 Å². The molecule has 1 aromatic heterocycles. The molecule has 0 bridgehead atoms. The van der Waals surface area contributed by atoms with Gasteiger partial charge in [0, 0.05) is 30.2 Å². The molecule has 0 fully saturated rings. The van der Waals surface area contributed by atoms with Gasteiger partial charge < -0.3 is 5.32 Å². The number of hydrogen-bond acceptors (Lipinski definition) is 4. The average molecular weight is 315 g/mol. The van der Waals surface area contributed by atoms with Crippen LogP contribution >= 0.6 is 11.8 Å². The second-order valence-corrected chi connectivity index (χ2v) is 6.48. The van der Waals surface area contributed by atoms with Crippen molar-refractivity contribution in [3.63, 3.8) is 0 Å². The maximum atomic E-state index is 12.5. The van der Waals surface area contributed by atoms with Crippen molar-refractivity contribution in [2.24, 2.45) is 5.92 Å². The number of fused-ring (bicyclic) bond motifs is 1. The molecule has 0 saturated carbocycles. The molecule has 2 heterocycles. The number of aromatic nitrogens is 2. The maximum Gasteiger partial charge on any atom is 0.254 e. The summed E-state index contributed by atoms with van der Waals surface area (Å²) in [5, 5.41) is 3.65. The van der Waals surface area contributed by atoms with Crippen molar-refractivity contribution in [2.75, 3.05) is 11.1 Å². The van der Waals surface area contributed by atoms with Gasteiger partial charge in [0.05, 0.1) is 5.92 Å². The Bertz CT molecular complexity index is 785. The molecule has 1 amide bonds. The fraction of sp³-hybridized carbons (Fsp3) is 0.312. The summed E-state index contributed by atoms with van der Waals surface area (Å²) >= 11 is 1.45. The summed E-state index contributed by atoms with van der Waals surface area (Å²) in [5.41, 5.74) is 2.91. The number of amides is 1. The quantitative estimate of drug-likeness (QED) is 0.863. The third-order valence-corrected chi connectivity index (χ3v) is 4.88. The third kappa shape index (κ3) is 2.92. The zero-order chi connectivity index (χ0) is 15.7. The fourth-order valence-electron chi connectivity index (χ4n) is 2.50. The summed E-state index contributed by atoms with van der Waals surface area (Å²) in [6.07, 6.45) is 1.51. The van der Waals surface area contributed by atoms with E-state index in [4.69, 9.17) is 0 Å². The number of thioether (sulfide) groups is 1. The summed E-state index contributed by atoms with van der Waals surface area (Å²) < 4.78 is 1.57. The number of anilines is 1. The lowest BCUT2D eigenvalue weighted by Crippen LogP contribution is -2.36. The number of benzene rings is 1. The molecule has 114 valence electrons. The number of rotatable bonds is 2. The monoisotopic (exact) mass is 315 g/mol. The van der Waals surface area contributed by atoms with Gasteiger partial charge in [0.25, 0.3) is 5.56 Å². The predicted molar refractivity (Wildman–Crippen MR) is 87.3 cm³/mol. The van der Waals surface area contributed by atoms with Crippen molar-refractivity contribution in [3.05, 3.63) is 51.9 Å². The molecule has 1 atom stereocenters. The molecular weight excluding hydrogens is 298 g/mol. The maximum absolute atomic E-state index is 12.5. The average Bonchev–Trinajstić information content (AvgIpc) is 2.50. The summed E-state index contributed by atoms with van der Waals surface area (Å²) in [4.78, 5) is 28.5. The van der Waals surface area contributed by atoms with E-state index in [1.54, 1.807) is 4.57 Å². The lowest BCUT2D eigenvalue weighted by molar-refractivity contribution is -0.119. The molecule has 1 aliphatic heterocycles. The first kappa shape index (κ1) is 14.8. The summed E-state index contributed by atoms with van der Waals surface area (Å²) in [7, 11) is 0. The third-order valence-electron chi connectivity index (χ3n) is 3.73.